The van der Waals surface area contributed by atoms with Gasteiger partial charge in [0, 0.05) is 12.6 Å². The molecule has 96 valence electrons. The Morgan fingerprint density at radius 3 is 2.69 bits per heavy atom. The third kappa shape index (κ3) is 5.83. The second-order valence-electron chi connectivity index (χ2n) is 4.73. The van der Waals surface area contributed by atoms with E-state index in [1.165, 1.54) is 51.9 Å². The number of rotatable bonds is 8. The van der Waals surface area contributed by atoms with E-state index in [0.717, 1.165) is 19.1 Å². The second kappa shape index (κ2) is 8.97. The normalized spacial score (nSPS) is 21.6. The number of nitrogens with zero attached hydrogens (tertiary/aromatic N) is 1. The van der Waals surface area contributed by atoms with E-state index in [1.807, 2.05) is 0 Å². The van der Waals surface area contributed by atoms with Gasteiger partial charge in [-0.25, -0.2) is 0 Å². The summed E-state index contributed by atoms with van der Waals surface area (Å²) >= 11 is 0. The van der Waals surface area contributed by atoms with E-state index in [2.05, 4.69) is 29.4 Å². The van der Waals surface area contributed by atoms with Crippen molar-refractivity contribution in [2.75, 3.05) is 39.3 Å². The molecule has 1 unspecified atom stereocenters. The largest absolute Gasteiger partial charge is 0.315 e. The molecule has 0 saturated carbocycles. The van der Waals surface area contributed by atoms with Crippen molar-refractivity contribution in [1.29, 1.82) is 0 Å². The van der Waals surface area contributed by atoms with Crippen LogP contribution in [0, 0.1) is 0 Å². The third-order valence-electron chi connectivity index (χ3n) is 3.53. The van der Waals surface area contributed by atoms with Crippen LogP contribution in [-0.4, -0.2) is 50.2 Å². The lowest BCUT2D eigenvalue weighted by atomic mass is 10.1. The summed E-state index contributed by atoms with van der Waals surface area (Å²) in [6.45, 7) is 11.6. The lowest BCUT2D eigenvalue weighted by Gasteiger charge is -2.24. The fraction of sp³-hybridized carbons (Fsp3) is 1.00. The monoisotopic (exact) mass is 227 g/mol. The topological polar surface area (TPSA) is 27.3 Å². The molecular weight excluding hydrogens is 198 g/mol. The number of piperidine rings is 1. The number of nitrogens with one attached hydrogen (secondary N) is 2. The molecule has 1 aliphatic rings. The highest BCUT2D eigenvalue weighted by molar-refractivity contribution is 4.74. The fourth-order valence-corrected chi connectivity index (χ4v) is 2.34. The molecule has 1 atom stereocenters. The van der Waals surface area contributed by atoms with Crippen molar-refractivity contribution < 1.29 is 0 Å². The third-order valence-corrected chi connectivity index (χ3v) is 3.53. The van der Waals surface area contributed by atoms with Crippen LogP contribution in [0.4, 0.5) is 0 Å². The van der Waals surface area contributed by atoms with Crippen LogP contribution in [0.25, 0.3) is 0 Å². The smallest absolute Gasteiger partial charge is 0.0192 e. The van der Waals surface area contributed by atoms with Crippen molar-refractivity contribution in [2.45, 2.75) is 45.6 Å². The van der Waals surface area contributed by atoms with Crippen LogP contribution in [0.1, 0.15) is 39.5 Å². The summed E-state index contributed by atoms with van der Waals surface area (Å²) in [4.78, 5) is 2.49. The first kappa shape index (κ1) is 13.9. The van der Waals surface area contributed by atoms with Crippen LogP contribution < -0.4 is 10.6 Å². The molecular formula is C13H29N3. The molecule has 0 spiro atoms. The molecule has 0 aromatic carbocycles. The first-order chi connectivity index (χ1) is 7.86. The SMILES string of the molecule is CCN(CC)CCCNCC1CCCCN1. The van der Waals surface area contributed by atoms with Crippen molar-refractivity contribution in [3.63, 3.8) is 0 Å². The Bertz CT molecular complexity index is 151. The summed E-state index contributed by atoms with van der Waals surface area (Å²) < 4.78 is 0. The van der Waals surface area contributed by atoms with Crippen molar-refractivity contribution in [1.82, 2.24) is 15.5 Å². The predicted molar refractivity (Wildman–Crippen MR) is 70.9 cm³/mol. The molecule has 0 amide bonds. The summed E-state index contributed by atoms with van der Waals surface area (Å²) in [5, 5.41) is 7.14. The summed E-state index contributed by atoms with van der Waals surface area (Å²) in [6.07, 6.45) is 5.38. The Labute approximate surface area is 101 Å². The van der Waals surface area contributed by atoms with Gasteiger partial charge < -0.3 is 15.5 Å². The van der Waals surface area contributed by atoms with Gasteiger partial charge in [-0.1, -0.05) is 20.3 Å². The quantitative estimate of drug-likeness (QED) is 0.615. The van der Waals surface area contributed by atoms with E-state index in [1.54, 1.807) is 0 Å². The average molecular weight is 227 g/mol. The number of hydrogen-bond acceptors (Lipinski definition) is 3. The van der Waals surface area contributed by atoms with Gasteiger partial charge >= 0.3 is 0 Å². The molecule has 1 heterocycles. The van der Waals surface area contributed by atoms with Crippen molar-refractivity contribution in [3.05, 3.63) is 0 Å². The zero-order chi connectivity index (χ0) is 11.6. The van der Waals surface area contributed by atoms with Crippen molar-refractivity contribution in [2.24, 2.45) is 0 Å². The molecule has 1 rings (SSSR count). The minimum Gasteiger partial charge on any atom is -0.315 e. The minimum absolute atomic E-state index is 0.724. The summed E-state index contributed by atoms with van der Waals surface area (Å²) in [7, 11) is 0. The van der Waals surface area contributed by atoms with Crippen molar-refractivity contribution >= 4 is 0 Å². The van der Waals surface area contributed by atoms with Gasteiger partial charge in [-0.05, 0) is 52.0 Å². The first-order valence-electron chi connectivity index (χ1n) is 7.03. The van der Waals surface area contributed by atoms with Crippen LogP contribution >= 0.6 is 0 Å². The summed E-state index contributed by atoms with van der Waals surface area (Å²) in [6, 6.07) is 0.724. The van der Waals surface area contributed by atoms with Gasteiger partial charge in [-0.2, -0.15) is 0 Å². The Balaban J connectivity index is 1.90. The van der Waals surface area contributed by atoms with E-state index in [4.69, 9.17) is 0 Å². The Morgan fingerprint density at radius 1 is 1.25 bits per heavy atom. The maximum atomic E-state index is 3.57. The van der Waals surface area contributed by atoms with E-state index in [9.17, 15) is 0 Å². The Morgan fingerprint density at radius 2 is 2.06 bits per heavy atom. The molecule has 1 fully saturated rings. The summed E-state index contributed by atoms with van der Waals surface area (Å²) in [5.41, 5.74) is 0. The van der Waals surface area contributed by atoms with Crippen LogP contribution in [0.3, 0.4) is 0 Å². The number of hydrogen-bond donors (Lipinski definition) is 2. The molecule has 0 aromatic heterocycles. The summed E-state index contributed by atoms with van der Waals surface area (Å²) in [5.74, 6) is 0. The zero-order valence-corrected chi connectivity index (χ0v) is 11.1. The van der Waals surface area contributed by atoms with Crippen LogP contribution in [0.15, 0.2) is 0 Å². The van der Waals surface area contributed by atoms with Crippen molar-refractivity contribution in [3.8, 4) is 0 Å². The van der Waals surface area contributed by atoms with E-state index in [-0.39, 0.29) is 0 Å². The highest BCUT2D eigenvalue weighted by atomic mass is 15.1. The predicted octanol–water partition coefficient (Wildman–Crippen LogP) is 1.45. The first-order valence-corrected chi connectivity index (χ1v) is 7.03. The molecule has 1 aliphatic heterocycles. The van der Waals surface area contributed by atoms with E-state index >= 15 is 0 Å². The van der Waals surface area contributed by atoms with E-state index < -0.39 is 0 Å². The second-order valence-corrected chi connectivity index (χ2v) is 4.73. The molecule has 0 radical (unpaired) electrons. The van der Waals surface area contributed by atoms with Gasteiger partial charge in [0.1, 0.15) is 0 Å². The highest BCUT2D eigenvalue weighted by Crippen LogP contribution is 2.05. The van der Waals surface area contributed by atoms with Crippen LogP contribution in [0.2, 0.25) is 0 Å². The van der Waals surface area contributed by atoms with E-state index in [0.29, 0.717) is 0 Å². The molecule has 16 heavy (non-hydrogen) atoms. The molecule has 0 aromatic rings. The molecule has 3 nitrogen and oxygen atoms in total. The lowest BCUT2D eigenvalue weighted by molar-refractivity contribution is 0.295. The molecule has 1 saturated heterocycles. The maximum Gasteiger partial charge on any atom is 0.0192 e. The van der Waals surface area contributed by atoms with Crippen LogP contribution in [0.5, 0.6) is 0 Å². The molecule has 0 aliphatic carbocycles. The van der Waals surface area contributed by atoms with Gasteiger partial charge in [0.05, 0.1) is 0 Å². The average Bonchev–Trinajstić information content (AvgIpc) is 2.35. The van der Waals surface area contributed by atoms with Crippen LogP contribution in [-0.2, 0) is 0 Å². The van der Waals surface area contributed by atoms with Gasteiger partial charge in [0.15, 0.2) is 0 Å². The minimum atomic E-state index is 0.724. The Hall–Kier alpha value is -0.120. The maximum absolute atomic E-state index is 3.57. The molecule has 2 N–H and O–H groups in total. The Kier molecular flexibility index (Phi) is 7.81. The molecule has 0 bridgehead atoms. The zero-order valence-electron chi connectivity index (χ0n) is 11.1. The standard InChI is InChI=1S/C13H29N3/c1-3-16(4-2)11-7-9-14-12-13-8-5-6-10-15-13/h13-15H,3-12H2,1-2H3. The van der Waals surface area contributed by atoms with Gasteiger partial charge in [0.25, 0.3) is 0 Å². The highest BCUT2D eigenvalue weighted by Gasteiger charge is 2.11. The van der Waals surface area contributed by atoms with Gasteiger partial charge in [-0.3, -0.25) is 0 Å². The van der Waals surface area contributed by atoms with Gasteiger partial charge in [0.2, 0.25) is 0 Å². The molecule has 3 heteroatoms. The fourth-order valence-electron chi connectivity index (χ4n) is 2.34. The van der Waals surface area contributed by atoms with Gasteiger partial charge in [-0.15, -0.1) is 0 Å². The lowest BCUT2D eigenvalue weighted by Crippen LogP contribution is -2.42.